The van der Waals surface area contributed by atoms with E-state index in [1.165, 1.54) is 12.1 Å². The average molecular weight is 1020 g/mol. The SMILES string of the molecule is CCn1c(-c2cc(Oc3cccnc3)cnc2[C@H](C)OC)c(CC(C)(C)CO)c2cc(-c3cc(C[C@H](NC(=O)OC(C)(C)C)C(=O)N4CCC[C@@H](C(=O)OC)N4)cc(O[Si](C(C)C)(C(C)C)C(C)C)c3)ccc21. The molecule has 3 N–H and O–H groups in total. The monoisotopic (exact) mass is 1020 g/mol. The number of methoxy groups -OCH3 is 2. The highest BCUT2D eigenvalue weighted by Gasteiger charge is 2.47. The van der Waals surface area contributed by atoms with E-state index in [9.17, 15) is 19.5 Å². The van der Waals surface area contributed by atoms with Gasteiger partial charge in [-0.15, -0.1) is 0 Å². The maximum atomic E-state index is 14.7. The van der Waals surface area contributed by atoms with E-state index in [-0.39, 0.29) is 35.8 Å². The van der Waals surface area contributed by atoms with Crippen LogP contribution in [0, 0.1) is 5.41 Å². The summed E-state index contributed by atoms with van der Waals surface area (Å²) in [6.07, 6.45) is 5.65. The van der Waals surface area contributed by atoms with E-state index in [0.717, 1.165) is 50.1 Å². The molecule has 0 saturated carbocycles. The molecule has 0 aliphatic carbocycles. The molecule has 3 atom stereocenters. The second-order valence-corrected chi connectivity index (χ2v) is 27.5. The third-order valence-electron chi connectivity index (χ3n) is 14.0. The first-order valence-corrected chi connectivity index (χ1v) is 27.9. The number of hydrogen-bond donors (Lipinski definition) is 3. The van der Waals surface area contributed by atoms with Crippen LogP contribution in [0.3, 0.4) is 0 Å². The van der Waals surface area contributed by atoms with Crippen molar-refractivity contribution in [2.24, 2.45) is 5.41 Å². The van der Waals surface area contributed by atoms with Gasteiger partial charge in [0.1, 0.15) is 34.9 Å². The van der Waals surface area contributed by atoms with Crippen molar-refractivity contribution in [1.29, 1.82) is 0 Å². The zero-order chi connectivity index (χ0) is 53.6. The van der Waals surface area contributed by atoms with Crippen LogP contribution >= 0.6 is 0 Å². The molecule has 0 spiro atoms. The molecule has 1 saturated heterocycles. The lowest BCUT2D eigenvalue weighted by Gasteiger charge is -2.42. The van der Waals surface area contributed by atoms with Gasteiger partial charge in [0.05, 0.1) is 37.0 Å². The number of hydrazine groups is 1. The first kappa shape index (κ1) is 56.5. The van der Waals surface area contributed by atoms with Crippen LogP contribution in [0.15, 0.2) is 73.2 Å². The van der Waals surface area contributed by atoms with Crippen molar-refractivity contribution >= 4 is 37.2 Å². The first-order chi connectivity index (χ1) is 34.4. The fraction of sp³-hybridized carbons (Fsp3) is 0.526. The second kappa shape index (κ2) is 23.6. The standard InChI is InChI=1S/C57H80N6O9Si/c1-16-62-50-22-21-40(29-45(50)47(31-57(12,13)34-64)52(62)46-30-44(33-59-51(46)38(8)68-14)70-42-19-17-23-58-32-42)41-25-39(26-43(28-41)72-73(35(2)3,36(4)5)37(6)7)27-49(60-55(67)71-56(9,10)11)53(65)63-24-18-20-48(61-63)54(66)69-15/h17,19,21-23,25-26,28-30,32-33,35-38,48-49,61,64H,16,18,20,24,27,31,34H2,1-15H3,(H,60,67)/t38-,48-,49-/m0/s1. The van der Waals surface area contributed by atoms with Crippen LogP contribution in [0.2, 0.25) is 16.6 Å². The summed E-state index contributed by atoms with van der Waals surface area (Å²) >= 11 is 0. The fourth-order valence-corrected chi connectivity index (χ4v) is 15.8. The molecule has 16 heteroatoms. The Labute approximate surface area is 433 Å². The number of aliphatic hydroxyl groups excluding tert-OH is 1. The van der Waals surface area contributed by atoms with Gasteiger partial charge < -0.3 is 38.4 Å². The van der Waals surface area contributed by atoms with E-state index >= 15 is 0 Å². The molecule has 2 aromatic carbocycles. The van der Waals surface area contributed by atoms with Gasteiger partial charge in [-0.2, -0.15) is 0 Å². The smallest absolute Gasteiger partial charge is 0.408 e. The number of ether oxygens (including phenoxy) is 4. The van der Waals surface area contributed by atoms with Gasteiger partial charge in [0.15, 0.2) is 0 Å². The Hall–Kier alpha value is -5.81. The van der Waals surface area contributed by atoms with E-state index in [1.54, 1.807) is 46.5 Å². The molecular weight excluding hydrogens is 941 g/mol. The molecule has 0 unspecified atom stereocenters. The molecule has 6 rings (SSSR count). The number of alkyl carbamates (subject to hydrolysis) is 1. The van der Waals surface area contributed by atoms with Crippen LogP contribution in [0.1, 0.15) is 126 Å². The van der Waals surface area contributed by atoms with E-state index in [1.807, 2.05) is 31.2 Å². The van der Waals surface area contributed by atoms with Crippen molar-refractivity contribution in [2.75, 3.05) is 27.4 Å². The van der Waals surface area contributed by atoms with E-state index in [0.29, 0.717) is 49.6 Å². The van der Waals surface area contributed by atoms with Gasteiger partial charge in [0.2, 0.25) is 0 Å². The van der Waals surface area contributed by atoms with Gasteiger partial charge in [0.25, 0.3) is 14.2 Å². The number of aryl methyl sites for hydroxylation is 1. The normalized spacial score (nSPS) is 15.4. The predicted molar refractivity (Wildman–Crippen MR) is 289 cm³/mol. The van der Waals surface area contributed by atoms with Crippen LogP contribution in [-0.4, -0.2) is 96.0 Å². The van der Waals surface area contributed by atoms with Crippen molar-refractivity contribution < 1.29 is 42.9 Å². The van der Waals surface area contributed by atoms with Gasteiger partial charge in [0, 0.05) is 55.9 Å². The number of nitrogens with one attached hydrogen (secondary N) is 2. The maximum Gasteiger partial charge on any atom is 0.408 e. The van der Waals surface area contributed by atoms with E-state index < -0.39 is 49.4 Å². The molecule has 396 valence electrons. The van der Waals surface area contributed by atoms with Gasteiger partial charge >= 0.3 is 12.1 Å². The van der Waals surface area contributed by atoms with Gasteiger partial charge in [-0.05, 0) is 141 Å². The lowest BCUT2D eigenvalue weighted by Crippen LogP contribution is -2.60. The summed E-state index contributed by atoms with van der Waals surface area (Å²) in [5, 5.41) is 16.1. The minimum absolute atomic E-state index is 0.0435. The number of rotatable bonds is 20. The number of fused-ring (bicyclic) bond motifs is 1. The first-order valence-electron chi connectivity index (χ1n) is 25.8. The zero-order valence-electron chi connectivity index (χ0n) is 45.8. The van der Waals surface area contributed by atoms with E-state index in [4.69, 9.17) is 28.4 Å². The Morgan fingerprint density at radius 2 is 1.60 bits per heavy atom. The molecule has 3 aromatic heterocycles. The molecular formula is C57H80N6O9Si. The number of nitrogens with zero attached hydrogens (tertiary/aromatic N) is 4. The number of hydrogen-bond acceptors (Lipinski definition) is 12. The third-order valence-corrected chi connectivity index (χ3v) is 20.0. The average Bonchev–Trinajstić information content (AvgIpc) is 3.65. The highest BCUT2D eigenvalue weighted by Crippen LogP contribution is 2.46. The molecule has 1 fully saturated rings. The summed E-state index contributed by atoms with van der Waals surface area (Å²) in [5.41, 5.74) is 9.64. The Balaban J connectivity index is 1.58. The fourth-order valence-electron chi connectivity index (χ4n) is 10.5. The summed E-state index contributed by atoms with van der Waals surface area (Å²) in [4.78, 5) is 50.1. The number of amides is 2. The summed E-state index contributed by atoms with van der Waals surface area (Å²) < 4.78 is 32.8. The molecule has 0 bridgehead atoms. The number of aromatic nitrogens is 3. The molecule has 1 aliphatic heterocycles. The lowest BCUT2D eigenvalue weighted by molar-refractivity contribution is -0.150. The Kier molecular flexibility index (Phi) is 18.3. The molecule has 4 heterocycles. The molecule has 0 radical (unpaired) electrons. The second-order valence-electron chi connectivity index (χ2n) is 22.1. The Morgan fingerprint density at radius 3 is 2.21 bits per heavy atom. The number of pyridine rings is 2. The Morgan fingerprint density at radius 1 is 0.890 bits per heavy atom. The summed E-state index contributed by atoms with van der Waals surface area (Å²) in [5.74, 6) is 0.922. The van der Waals surface area contributed by atoms with Gasteiger partial charge in [-0.1, -0.05) is 67.5 Å². The van der Waals surface area contributed by atoms with Crippen molar-refractivity contribution in [1.82, 2.24) is 30.3 Å². The van der Waals surface area contributed by atoms with Gasteiger partial charge in [-0.3, -0.25) is 24.6 Å². The number of carbonyl (C=O) groups is 3. The van der Waals surface area contributed by atoms with Crippen molar-refractivity contribution in [3.8, 4) is 39.6 Å². The summed E-state index contributed by atoms with van der Waals surface area (Å²) in [7, 11) is 0.463. The summed E-state index contributed by atoms with van der Waals surface area (Å²) in [6, 6.07) is 16.5. The van der Waals surface area contributed by atoms with Crippen molar-refractivity contribution in [2.45, 2.75) is 163 Å². The number of carbonyl (C=O) groups excluding carboxylic acids is 3. The van der Waals surface area contributed by atoms with E-state index in [2.05, 4.69) is 113 Å². The summed E-state index contributed by atoms with van der Waals surface area (Å²) in [6.45, 7) is 28.0. The minimum Gasteiger partial charge on any atom is -0.543 e. The molecule has 15 nitrogen and oxygen atoms in total. The van der Waals surface area contributed by atoms with Crippen molar-refractivity contribution in [3.05, 3.63) is 90.0 Å². The largest absolute Gasteiger partial charge is 0.543 e. The topological polar surface area (TPSA) is 176 Å². The number of aliphatic hydroxyl groups is 1. The molecule has 5 aromatic rings. The minimum atomic E-state index is -2.53. The number of esters is 1. The van der Waals surface area contributed by atoms with Gasteiger partial charge in [-0.25, -0.2) is 10.2 Å². The lowest BCUT2D eigenvalue weighted by atomic mass is 9.84. The molecule has 73 heavy (non-hydrogen) atoms. The maximum absolute atomic E-state index is 14.7. The zero-order valence-corrected chi connectivity index (χ0v) is 46.8. The Bertz CT molecular complexity index is 2690. The van der Waals surface area contributed by atoms with Crippen molar-refractivity contribution in [3.63, 3.8) is 0 Å². The quantitative estimate of drug-likeness (QED) is 0.0498. The molecule has 1 aliphatic rings. The predicted octanol–water partition coefficient (Wildman–Crippen LogP) is 11.5. The highest BCUT2D eigenvalue weighted by molar-refractivity contribution is 6.78. The molecule has 2 amide bonds. The van der Waals surface area contributed by atoms with Crippen LogP contribution in [0.4, 0.5) is 4.79 Å². The van der Waals surface area contributed by atoms with Crippen LogP contribution in [0.25, 0.3) is 33.3 Å². The highest BCUT2D eigenvalue weighted by atomic mass is 28.4. The van der Waals surface area contributed by atoms with Crippen LogP contribution in [0.5, 0.6) is 17.2 Å². The van der Waals surface area contributed by atoms with Crippen LogP contribution < -0.4 is 19.9 Å². The van der Waals surface area contributed by atoms with Crippen LogP contribution in [-0.2, 0) is 43.2 Å². The third kappa shape index (κ3) is 13.1. The number of benzene rings is 2.